The van der Waals surface area contributed by atoms with Gasteiger partial charge in [-0.05, 0) is 112 Å². The minimum absolute atomic E-state index is 0.633. The number of nitriles is 1. The van der Waals surface area contributed by atoms with Crippen molar-refractivity contribution >= 4 is 16.6 Å². The molecule has 0 radical (unpaired) electrons. The number of piperidine rings is 2. The van der Waals surface area contributed by atoms with Gasteiger partial charge in [0.2, 0.25) is 0 Å². The first kappa shape index (κ1) is 20.4. The van der Waals surface area contributed by atoms with Gasteiger partial charge in [0.25, 0.3) is 0 Å². The molecule has 1 aromatic carbocycles. The minimum atomic E-state index is 0.633. The van der Waals surface area contributed by atoms with Gasteiger partial charge in [-0.2, -0.15) is 5.26 Å². The van der Waals surface area contributed by atoms with Crippen molar-refractivity contribution < 1.29 is 0 Å². The van der Waals surface area contributed by atoms with Crippen molar-refractivity contribution in [2.45, 2.75) is 38.5 Å². The van der Waals surface area contributed by atoms with E-state index in [2.05, 4.69) is 38.3 Å². The van der Waals surface area contributed by atoms with Crippen LogP contribution in [0.2, 0.25) is 0 Å². The van der Waals surface area contributed by atoms with E-state index >= 15 is 0 Å². The number of fused-ring (bicyclic) bond motifs is 1. The number of hydrogen-bond acceptors (Lipinski definition) is 5. The second-order valence-electron chi connectivity index (χ2n) is 10.9. The first-order valence-corrected chi connectivity index (χ1v) is 12.7. The van der Waals surface area contributed by atoms with Gasteiger partial charge in [-0.3, -0.25) is 4.98 Å². The predicted octanol–water partition coefficient (Wildman–Crippen LogP) is 4.03. The van der Waals surface area contributed by atoms with Gasteiger partial charge in [0, 0.05) is 36.9 Å². The van der Waals surface area contributed by atoms with Gasteiger partial charge in [0.15, 0.2) is 0 Å². The summed E-state index contributed by atoms with van der Waals surface area (Å²) in [6, 6.07) is 10.6. The fourth-order valence-corrected chi connectivity index (χ4v) is 6.87. The molecule has 6 rings (SSSR count). The molecule has 3 saturated heterocycles. The highest BCUT2D eigenvalue weighted by molar-refractivity contribution is 5.95. The Kier molecular flexibility index (Phi) is 5.31. The van der Waals surface area contributed by atoms with Crippen molar-refractivity contribution in [1.82, 2.24) is 15.2 Å². The lowest BCUT2D eigenvalue weighted by Crippen LogP contribution is -2.47. The summed E-state index contributed by atoms with van der Waals surface area (Å²) in [5.41, 5.74) is 3.43. The smallest absolute Gasteiger partial charge is 0.101 e. The van der Waals surface area contributed by atoms with E-state index in [-0.39, 0.29) is 0 Å². The Labute approximate surface area is 191 Å². The van der Waals surface area contributed by atoms with Crippen LogP contribution in [-0.2, 0) is 0 Å². The van der Waals surface area contributed by atoms with Gasteiger partial charge in [0.1, 0.15) is 6.07 Å². The summed E-state index contributed by atoms with van der Waals surface area (Å²) in [5, 5.41) is 14.2. The SMILES string of the molecule is N#Cc1ccc(N2C[C@H](CN3CCC4(CCNCC4)CC3)[C@@H](C3CC3)C2)c2cccnc12. The molecule has 4 heterocycles. The Balaban J connectivity index is 1.18. The van der Waals surface area contributed by atoms with Gasteiger partial charge < -0.3 is 15.1 Å². The Hall–Kier alpha value is -2.16. The first-order valence-electron chi connectivity index (χ1n) is 12.7. The second-order valence-corrected chi connectivity index (χ2v) is 10.9. The molecule has 4 aliphatic rings. The van der Waals surface area contributed by atoms with Crippen LogP contribution in [0.4, 0.5) is 5.69 Å². The zero-order valence-electron chi connectivity index (χ0n) is 19.1. The quantitative estimate of drug-likeness (QED) is 0.795. The molecule has 2 atom stereocenters. The molecule has 0 unspecified atom stereocenters. The fraction of sp³-hybridized carbons (Fsp3) is 0.630. The fourth-order valence-electron chi connectivity index (χ4n) is 6.87. The topological polar surface area (TPSA) is 55.2 Å². The summed E-state index contributed by atoms with van der Waals surface area (Å²) in [6.07, 6.45) is 10.2. The van der Waals surface area contributed by atoms with Crippen molar-refractivity contribution in [2.75, 3.05) is 50.7 Å². The zero-order chi connectivity index (χ0) is 21.5. The molecule has 1 N–H and O–H groups in total. The lowest BCUT2D eigenvalue weighted by molar-refractivity contribution is 0.0621. The van der Waals surface area contributed by atoms with E-state index in [4.69, 9.17) is 0 Å². The number of anilines is 1. The van der Waals surface area contributed by atoms with E-state index < -0.39 is 0 Å². The number of hydrogen-bond donors (Lipinski definition) is 1. The summed E-state index contributed by atoms with van der Waals surface area (Å²) in [6.45, 7) is 8.58. The maximum Gasteiger partial charge on any atom is 0.101 e. The average molecular weight is 430 g/mol. The third-order valence-electron chi connectivity index (χ3n) is 9.00. The number of aromatic nitrogens is 1. The lowest BCUT2D eigenvalue weighted by atomic mass is 9.71. The Morgan fingerprint density at radius 3 is 2.62 bits per heavy atom. The van der Waals surface area contributed by atoms with Crippen molar-refractivity contribution in [3.8, 4) is 6.07 Å². The van der Waals surface area contributed by atoms with E-state index in [1.807, 2.05) is 12.1 Å². The summed E-state index contributed by atoms with van der Waals surface area (Å²) >= 11 is 0. The Morgan fingerprint density at radius 2 is 1.88 bits per heavy atom. The number of benzene rings is 1. The second kappa shape index (κ2) is 8.32. The predicted molar refractivity (Wildman–Crippen MR) is 129 cm³/mol. The molecule has 0 bridgehead atoms. The van der Waals surface area contributed by atoms with E-state index in [0.717, 1.165) is 41.7 Å². The lowest BCUT2D eigenvalue weighted by Gasteiger charge is -2.45. The van der Waals surface area contributed by atoms with Crippen LogP contribution < -0.4 is 10.2 Å². The van der Waals surface area contributed by atoms with E-state index in [9.17, 15) is 5.26 Å². The van der Waals surface area contributed by atoms with Crippen molar-refractivity contribution in [3.63, 3.8) is 0 Å². The van der Waals surface area contributed by atoms with Crippen molar-refractivity contribution in [2.24, 2.45) is 23.2 Å². The highest BCUT2D eigenvalue weighted by atomic mass is 15.2. The molecule has 0 amide bonds. The van der Waals surface area contributed by atoms with Crippen LogP contribution in [0.25, 0.3) is 10.9 Å². The van der Waals surface area contributed by atoms with E-state index in [1.165, 1.54) is 76.9 Å². The molecule has 1 aliphatic carbocycles. The van der Waals surface area contributed by atoms with E-state index in [0.29, 0.717) is 11.0 Å². The molecule has 5 heteroatoms. The summed E-state index contributed by atoms with van der Waals surface area (Å²) < 4.78 is 0. The molecule has 1 spiro atoms. The van der Waals surface area contributed by atoms with Crippen LogP contribution >= 0.6 is 0 Å². The van der Waals surface area contributed by atoms with Gasteiger partial charge >= 0.3 is 0 Å². The summed E-state index contributed by atoms with van der Waals surface area (Å²) in [4.78, 5) is 9.94. The van der Waals surface area contributed by atoms with Crippen LogP contribution in [0.3, 0.4) is 0 Å². The average Bonchev–Trinajstić information content (AvgIpc) is 3.61. The molecular formula is C27H35N5. The number of nitrogens with one attached hydrogen (secondary N) is 1. The van der Waals surface area contributed by atoms with Crippen LogP contribution in [0.15, 0.2) is 30.5 Å². The van der Waals surface area contributed by atoms with Crippen LogP contribution in [-0.4, -0.2) is 55.7 Å². The monoisotopic (exact) mass is 429 g/mol. The molecule has 32 heavy (non-hydrogen) atoms. The van der Waals surface area contributed by atoms with Crippen LogP contribution in [0.5, 0.6) is 0 Å². The van der Waals surface area contributed by atoms with Crippen molar-refractivity contribution in [1.29, 1.82) is 5.26 Å². The molecule has 168 valence electrons. The zero-order valence-corrected chi connectivity index (χ0v) is 19.1. The normalized spacial score (nSPS) is 28.3. The standard InChI is InChI=1S/C27H35N5/c28-16-21-5-6-25(23-2-1-11-30-26(21)23)32-18-22(24(19-32)20-3-4-20)17-31-14-9-27(10-15-31)7-12-29-13-8-27/h1-2,5-6,11,20,22,24,29H,3-4,7-10,12-15,17-19H2/t22-,24+/m0/s1. The van der Waals surface area contributed by atoms with Crippen molar-refractivity contribution in [3.05, 3.63) is 36.0 Å². The maximum atomic E-state index is 9.52. The van der Waals surface area contributed by atoms with Crippen LogP contribution in [0.1, 0.15) is 44.1 Å². The van der Waals surface area contributed by atoms with Gasteiger partial charge in [-0.15, -0.1) is 0 Å². The molecule has 4 fully saturated rings. The highest BCUT2D eigenvalue weighted by Crippen LogP contribution is 2.47. The summed E-state index contributed by atoms with van der Waals surface area (Å²) in [5.74, 6) is 2.49. The highest BCUT2D eigenvalue weighted by Gasteiger charge is 2.44. The van der Waals surface area contributed by atoms with Gasteiger partial charge in [0.05, 0.1) is 11.1 Å². The number of pyridine rings is 1. The maximum absolute atomic E-state index is 9.52. The Bertz CT molecular complexity index is 1010. The van der Waals surface area contributed by atoms with Gasteiger partial charge in [-0.25, -0.2) is 0 Å². The molecule has 3 aliphatic heterocycles. The Morgan fingerprint density at radius 1 is 1.06 bits per heavy atom. The third-order valence-corrected chi connectivity index (χ3v) is 9.00. The number of nitrogens with zero attached hydrogens (tertiary/aromatic N) is 4. The molecular weight excluding hydrogens is 394 g/mol. The van der Waals surface area contributed by atoms with Gasteiger partial charge in [-0.1, -0.05) is 0 Å². The molecule has 5 nitrogen and oxygen atoms in total. The molecule has 2 aromatic rings. The number of likely N-dealkylation sites (tertiary alicyclic amines) is 1. The molecule has 1 aromatic heterocycles. The largest absolute Gasteiger partial charge is 0.370 e. The number of rotatable bonds is 4. The third kappa shape index (κ3) is 3.78. The van der Waals surface area contributed by atoms with E-state index in [1.54, 1.807) is 6.20 Å². The van der Waals surface area contributed by atoms with Crippen LogP contribution in [0, 0.1) is 34.5 Å². The minimum Gasteiger partial charge on any atom is -0.370 e. The molecule has 1 saturated carbocycles. The first-order chi connectivity index (χ1) is 15.7. The summed E-state index contributed by atoms with van der Waals surface area (Å²) in [7, 11) is 0.